The van der Waals surface area contributed by atoms with Crippen LogP contribution in [0.25, 0.3) is 5.69 Å². The van der Waals surface area contributed by atoms with Crippen LogP contribution in [-0.2, 0) is 13.1 Å². The first-order valence-corrected chi connectivity index (χ1v) is 7.46. The molecule has 0 saturated heterocycles. The van der Waals surface area contributed by atoms with Gasteiger partial charge in [0.25, 0.3) is 0 Å². The Hall–Kier alpha value is -0.910. The zero-order chi connectivity index (χ0) is 13.6. The SMILES string of the molecule is CC1CCn2c(=S)n(-c3ccc(Cl)cc3)c(=S)n2C1. The first-order chi connectivity index (χ1) is 9.08. The van der Waals surface area contributed by atoms with Gasteiger partial charge in [-0.2, -0.15) is 0 Å². The first-order valence-electron chi connectivity index (χ1n) is 6.26. The molecule has 1 aromatic carbocycles. The van der Waals surface area contributed by atoms with Crippen molar-refractivity contribution in [1.29, 1.82) is 0 Å². The van der Waals surface area contributed by atoms with Crippen LogP contribution in [0, 0.1) is 15.5 Å². The predicted molar refractivity (Wildman–Crippen MR) is 82.2 cm³/mol. The highest BCUT2D eigenvalue weighted by Gasteiger charge is 2.19. The Bertz CT molecular complexity index is 724. The quantitative estimate of drug-likeness (QED) is 0.732. The molecule has 0 amide bonds. The van der Waals surface area contributed by atoms with Crippen LogP contribution in [0.15, 0.2) is 24.3 Å². The van der Waals surface area contributed by atoms with Crippen molar-refractivity contribution in [3.05, 3.63) is 38.8 Å². The molecular weight excluding hydrogens is 298 g/mol. The molecule has 0 fully saturated rings. The van der Waals surface area contributed by atoms with Gasteiger partial charge in [0, 0.05) is 18.1 Å². The summed E-state index contributed by atoms with van der Waals surface area (Å²) in [6.45, 7) is 4.11. The van der Waals surface area contributed by atoms with Crippen LogP contribution >= 0.6 is 36.0 Å². The van der Waals surface area contributed by atoms with E-state index in [0.29, 0.717) is 10.9 Å². The number of benzene rings is 1. The second-order valence-electron chi connectivity index (χ2n) is 4.98. The number of hydrogen-bond acceptors (Lipinski definition) is 2. The van der Waals surface area contributed by atoms with Gasteiger partial charge < -0.3 is 0 Å². The molecule has 0 radical (unpaired) electrons. The van der Waals surface area contributed by atoms with E-state index in [2.05, 4.69) is 16.3 Å². The molecule has 6 heteroatoms. The Morgan fingerprint density at radius 2 is 1.74 bits per heavy atom. The molecule has 3 rings (SSSR count). The summed E-state index contributed by atoms with van der Waals surface area (Å²) in [7, 11) is 0. The number of rotatable bonds is 1. The van der Waals surface area contributed by atoms with Crippen molar-refractivity contribution in [2.75, 3.05) is 0 Å². The van der Waals surface area contributed by atoms with Crippen LogP contribution in [0.5, 0.6) is 0 Å². The lowest BCUT2D eigenvalue weighted by molar-refractivity contribution is 0.280. The Morgan fingerprint density at radius 1 is 1.11 bits per heavy atom. The van der Waals surface area contributed by atoms with Crippen LogP contribution in [0.4, 0.5) is 0 Å². The predicted octanol–water partition coefficient (Wildman–Crippen LogP) is 4.23. The first kappa shape index (κ1) is 13.1. The van der Waals surface area contributed by atoms with Crippen LogP contribution < -0.4 is 0 Å². The maximum absolute atomic E-state index is 5.93. The van der Waals surface area contributed by atoms with E-state index in [1.54, 1.807) is 0 Å². The van der Waals surface area contributed by atoms with Crippen molar-refractivity contribution in [3.63, 3.8) is 0 Å². The van der Waals surface area contributed by atoms with Crippen LogP contribution in [-0.4, -0.2) is 13.9 Å². The highest BCUT2D eigenvalue weighted by Crippen LogP contribution is 2.20. The van der Waals surface area contributed by atoms with Crippen molar-refractivity contribution >= 4 is 36.0 Å². The second-order valence-corrected chi connectivity index (χ2v) is 6.14. The normalized spacial score (nSPS) is 18.3. The number of nitrogens with zero attached hydrogens (tertiary/aromatic N) is 3. The maximum atomic E-state index is 5.93. The monoisotopic (exact) mass is 311 g/mol. The third kappa shape index (κ3) is 2.20. The van der Waals surface area contributed by atoms with E-state index in [0.717, 1.165) is 34.7 Å². The molecule has 2 heterocycles. The average molecular weight is 312 g/mol. The minimum absolute atomic E-state index is 0.641. The highest BCUT2D eigenvalue weighted by molar-refractivity contribution is 7.72. The number of hydrogen-bond donors (Lipinski definition) is 0. The summed E-state index contributed by atoms with van der Waals surface area (Å²) in [6.07, 6.45) is 1.15. The largest absolute Gasteiger partial charge is 0.261 e. The van der Waals surface area contributed by atoms with E-state index in [1.165, 1.54) is 0 Å². The Kier molecular flexibility index (Phi) is 3.37. The van der Waals surface area contributed by atoms with Gasteiger partial charge in [-0.3, -0.25) is 13.9 Å². The molecule has 0 saturated carbocycles. The molecular formula is C13H14ClN3S2. The van der Waals surface area contributed by atoms with Crippen LogP contribution in [0.1, 0.15) is 13.3 Å². The van der Waals surface area contributed by atoms with Crippen LogP contribution in [0.3, 0.4) is 0 Å². The van der Waals surface area contributed by atoms with Gasteiger partial charge in [-0.15, -0.1) is 0 Å². The molecule has 1 unspecified atom stereocenters. The topological polar surface area (TPSA) is 14.8 Å². The molecule has 0 aliphatic carbocycles. The van der Waals surface area contributed by atoms with Gasteiger partial charge in [0.1, 0.15) is 0 Å². The third-order valence-corrected chi connectivity index (χ3v) is 4.56. The summed E-state index contributed by atoms with van der Waals surface area (Å²) < 4.78 is 7.68. The van der Waals surface area contributed by atoms with E-state index >= 15 is 0 Å². The van der Waals surface area contributed by atoms with Gasteiger partial charge in [-0.05, 0) is 61.0 Å². The minimum atomic E-state index is 0.641. The molecule has 3 nitrogen and oxygen atoms in total. The standard InChI is InChI=1S/C13H14ClN3S2/c1-9-6-7-15-12(18)17(13(19)16(15)8-9)11-4-2-10(14)3-5-11/h2-5,9H,6-8H2,1H3. The van der Waals surface area contributed by atoms with Gasteiger partial charge in [0.2, 0.25) is 9.54 Å². The summed E-state index contributed by atoms with van der Waals surface area (Å²) in [5.41, 5.74) is 0.974. The summed E-state index contributed by atoms with van der Waals surface area (Å²) in [4.78, 5) is 0. The smallest absolute Gasteiger partial charge is 0.201 e. The highest BCUT2D eigenvalue weighted by atomic mass is 35.5. The average Bonchev–Trinajstić information content (AvgIpc) is 2.63. The van der Waals surface area contributed by atoms with Crippen LogP contribution in [0.2, 0.25) is 5.02 Å². The Morgan fingerprint density at radius 3 is 2.42 bits per heavy atom. The van der Waals surface area contributed by atoms with Gasteiger partial charge in [0.15, 0.2) is 0 Å². The fraction of sp³-hybridized carbons (Fsp3) is 0.385. The van der Waals surface area contributed by atoms with Gasteiger partial charge in [-0.25, -0.2) is 0 Å². The molecule has 1 atom stereocenters. The fourth-order valence-corrected chi connectivity index (χ4v) is 3.38. The fourth-order valence-electron chi connectivity index (χ4n) is 2.45. The molecule has 0 N–H and O–H groups in total. The summed E-state index contributed by atoms with van der Waals surface area (Å²) >= 11 is 17.1. The maximum Gasteiger partial charge on any atom is 0.201 e. The second kappa shape index (κ2) is 4.89. The van der Waals surface area contributed by atoms with E-state index in [1.807, 2.05) is 28.8 Å². The summed E-state index contributed by atoms with van der Waals surface area (Å²) in [6, 6.07) is 7.61. The minimum Gasteiger partial charge on any atom is -0.261 e. The summed E-state index contributed by atoms with van der Waals surface area (Å²) in [5, 5.41) is 0.714. The molecule has 0 bridgehead atoms. The van der Waals surface area contributed by atoms with Gasteiger partial charge >= 0.3 is 0 Å². The molecule has 1 aliphatic rings. The summed E-state index contributed by atoms with van der Waals surface area (Å²) in [5.74, 6) is 0.641. The lowest BCUT2D eigenvalue weighted by Gasteiger charge is -2.22. The van der Waals surface area contributed by atoms with Crippen molar-refractivity contribution in [1.82, 2.24) is 13.9 Å². The molecule has 0 spiro atoms. The number of halogens is 1. The Labute approximate surface area is 127 Å². The van der Waals surface area contributed by atoms with E-state index in [9.17, 15) is 0 Å². The number of fused-ring (bicyclic) bond motifs is 1. The zero-order valence-corrected chi connectivity index (χ0v) is 12.9. The van der Waals surface area contributed by atoms with Gasteiger partial charge in [0.05, 0.1) is 5.69 Å². The van der Waals surface area contributed by atoms with Crippen molar-refractivity contribution in [2.45, 2.75) is 26.4 Å². The number of aromatic nitrogens is 3. The van der Waals surface area contributed by atoms with Crippen molar-refractivity contribution in [3.8, 4) is 5.69 Å². The van der Waals surface area contributed by atoms with E-state index in [-0.39, 0.29) is 0 Å². The van der Waals surface area contributed by atoms with E-state index in [4.69, 9.17) is 36.0 Å². The lowest BCUT2D eigenvalue weighted by Crippen LogP contribution is -2.24. The molecule has 1 aromatic heterocycles. The molecule has 2 aromatic rings. The Balaban J connectivity index is 2.21. The lowest BCUT2D eigenvalue weighted by atomic mass is 10.1. The van der Waals surface area contributed by atoms with E-state index < -0.39 is 0 Å². The van der Waals surface area contributed by atoms with Crippen molar-refractivity contribution in [2.24, 2.45) is 5.92 Å². The third-order valence-electron chi connectivity index (χ3n) is 3.52. The van der Waals surface area contributed by atoms with Crippen molar-refractivity contribution < 1.29 is 0 Å². The zero-order valence-electron chi connectivity index (χ0n) is 10.5. The molecule has 100 valence electrons. The molecule has 1 aliphatic heterocycles. The molecule has 19 heavy (non-hydrogen) atoms. The van der Waals surface area contributed by atoms with Gasteiger partial charge in [-0.1, -0.05) is 18.5 Å².